The molecule has 2 aromatic rings. The van der Waals surface area contributed by atoms with Gasteiger partial charge >= 0.3 is 0 Å². The van der Waals surface area contributed by atoms with Crippen molar-refractivity contribution in [1.29, 1.82) is 0 Å². The van der Waals surface area contributed by atoms with Crippen LogP contribution in [0.5, 0.6) is 5.75 Å². The number of halogens is 1. The first-order chi connectivity index (χ1) is 11.7. The van der Waals surface area contributed by atoms with E-state index in [1.54, 1.807) is 13.2 Å². The second-order valence-corrected chi connectivity index (χ2v) is 5.43. The second kappa shape index (κ2) is 9.03. The molecule has 0 atom stereocenters. The highest BCUT2D eigenvalue weighted by atomic mass is 19.1. The summed E-state index contributed by atoms with van der Waals surface area (Å²) in [5.41, 5.74) is 1.64. The van der Waals surface area contributed by atoms with Crippen LogP contribution in [0.3, 0.4) is 0 Å². The summed E-state index contributed by atoms with van der Waals surface area (Å²) < 4.78 is 19.4. The lowest BCUT2D eigenvalue weighted by molar-refractivity contribution is 0.0950. The van der Waals surface area contributed by atoms with E-state index < -0.39 is 11.7 Å². The molecule has 0 saturated heterocycles. The largest absolute Gasteiger partial charge is 0.497 e. The highest BCUT2D eigenvalue weighted by molar-refractivity contribution is 5.95. The van der Waals surface area contributed by atoms with E-state index in [1.165, 1.54) is 12.1 Å². The molecule has 128 valence electrons. The van der Waals surface area contributed by atoms with Crippen molar-refractivity contribution in [1.82, 2.24) is 10.6 Å². The van der Waals surface area contributed by atoms with Crippen molar-refractivity contribution in [3.63, 3.8) is 0 Å². The number of nitrogens with one attached hydrogen (secondary N) is 2. The molecule has 0 aromatic heterocycles. The monoisotopic (exact) mass is 330 g/mol. The average molecular weight is 330 g/mol. The fraction of sp³-hybridized carbons (Fsp3) is 0.316. The van der Waals surface area contributed by atoms with Crippen molar-refractivity contribution in [2.45, 2.75) is 13.3 Å². The maximum atomic E-state index is 14.3. The van der Waals surface area contributed by atoms with Gasteiger partial charge in [-0.15, -0.1) is 0 Å². The van der Waals surface area contributed by atoms with E-state index >= 15 is 0 Å². The summed E-state index contributed by atoms with van der Waals surface area (Å²) in [5.74, 6) is -0.179. The van der Waals surface area contributed by atoms with Crippen LogP contribution in [0.4, 0.5) is 4.39 Å². The van der Waals surface area contributed by atoms with Gasteiger partial charge in [0.05, 0.1) is 12.7 Å². The van der Waals surface area contributed by atoms with Gasteiger partial charge in [-0.2, -0.15) is 0 Å². The first-order valence-electron chi connectivity index (χ1n) is 8.08. The summed E-state index contributed by atoms with van der Waals surface area (Å²) in [6, 6.07) is 12.0. The van der Waals surface area contributed by atoms with Crippen molar-refractivity contribution >= 4 is 5.91 Å². The van der Waals surface area contributed by atoms with Gasteiger partial charge in [0.1, 0.15) is 11.6 Å². The van der Waals surface area contributed by atoms with Gasteiger partial charge in [0, 0.05) is 13.1 Å². The smallest absolute Gasteiger partial charge is 0.254 e. The Bertz CT molecular complexity index is 672. The van der Waals surface area contributed by atoms with Crippen molar-refractivity contribution in [3.8, 4) is 16.9 Å². The van der Waals surface area contributed by atoms with E-state index in [2.05, 4.69) is 17.6 Å². The molecule has 0 saturated carbocycles. The van der Waals surface area contributed by atoms with E-state index in [4.69, 9.17) is 4.74 Å². The second-order valence-electron chi connectivity index (χ2n) is 5.43. The molecule has 24 heavy (non-hydrogen) atoms. The normalized spacial score (nSPS) is 10.5. The summed E-state index contributed by atoms with van der Waals surface area (Å²) in [6.07, 6.45) is 1.04. The zero-order valence-corrected chi connectivity index (χ0v) is 14.1. The molecule has 0 bridgehead atoms. The molecule has 5 heteroatoms. The molecule has 2 N–H and O–H groups in total. The molecule has 0 spiro atoms. The quantitative estimate of drug-likeness (QED) is 0.731. The minimum absolute atomic E-state index is 0.0581. The van der Waals surface area contributed by atoms with Gasteiger partial charge in [0.15, 0.2) is 0 Å². The van der Waals surface area contributed by atoms with Gasteiger partial charge in [-0.1, -0.05) is 25.1 Å². The van der Waals surface area contributed by atoms with Crippen molar-refractivity contribution in [3.05, 3.63) is 53.8 Å². The Labute approximate surface area is 142 Å². The van der Waals surface area contributed by atoms with Crippen LogP contribution in [0, 0.1) is 5.82 Å². The molecule has 0 radical (unpaired) electrons. The number of carbonyl (C=O) groups excluding carboxylic acids is 1. The zero-order chi connectivity index (χ0) is 17.4. The van der Waals surface area contributed by atoms with Gasteiger partial charge in [0.25, 0.3) is 5.91 Å². The molecule has 0 heterocycles. The lowest BCUT2D eigenvalue weighted by atomic mass is 10.0. The van der Waals surface area contributed by atoms with Gasteiger partial charge < -0.3 is 15.4 Å². The topological polar surface area (TPSA) is 50.4 Å². The first-order valence-corrected chi connectivity index (χ1v) is 8.08. The van der Waals surface area contributed by atoms with Crippen LogP contribution in [0.15, 0.2) is 42.5 Å². The number of ether oxygens (including phenoxy) is 1. The van der Waals surface area contributed by atoms with Crippen LogP contribution in [0.2, 0.25) is 0 Å². The Morgan fingerprint density at radius 3 is 2.38 bits per heavy atom. The van der Waals surface area contributed by atoms with E-state index in [-0.39, 0.29) is 5.56 Å². The standard InChI is InChI=1S/C19H23FN2O2/c1-3-10-21-11-12-22-19(23)17-9-6-15(13-18(17)20)14-4-7-16(24-2)8-5-14/h4-9,13,21H,3,10-12H2,1-2H3,(H,22,23). The van der Waals surface area contributed by atoms with Crippen LogP contribution in [0.25, 0.3) is 11.1 Å². The highest BCUT2D eigenvalue weighted by Crippen LogP contribution is 2.24. The fourth-order valence-corrected chi connectivity index (χ4v) is 2.32. The molecule has 2 aromatic carbocycles. The van der Waals surface area contributed by atoms with E-state index in [1.807, 2.05) is 24.3 Å². The molecule has 1 amide bonds. The third-order valence-corrected chi connectivity index (χ3v) is 3.65. The summed E-state index contributed by atoms with van der Waals surface area (Å²) in [7, 11) is 1.60. The number of hydrogen-bond acceptors (Lipinski definition) is 3. The van der Waals surface area contributed by atoms with Gasteiger partial charge in [0.2, 0.25) is 0 Å². The predicted molar refractivity (Wildman–Crippen MR) is 93.9 cm³/mol. The molecule has 2 rings (SSSR count). The Kier molecular flexibility index (Phi) is 6.75. The van der Waals surface area contributed by atoms with E-state index in [0.717, 1.165) is 29.8 Å². The van der Waals surface area contributed by atoms with Crippen LogP contribution >= 0.6 is 0 Å². The molecular weight excluding hydrogens is 307 g/mol. The van der Waals surface area contributed by atoms with Crippen molar-refractivity contribution in [2.75, 3.05) is 26.7 Å². The SMILES string of the molecule is CCCNCCNC(=O)c1ccc(-c2ccc(OC)cc2)cc1F. The van der Waals surface area contributed by atoms with Crippen LogP contribution < -0.4 is 15.4 Å². The molecule has 4 nitrogen and oxygen atoms in total. The maximum absolute atomic E-state index is 14.3. The van der Waals surface area contributed by atoms with E-state index in [9.17, 15) is 9.18 Å². The number of amides is 1. The maximum Gasteiger partial charge on any atom is 0.254 e. The minimum Gasteiger partial charge on any atom is -0.497 e. The lowest BCUT2D eigenvalue weighted by Crippen LogP contribution is -2.32. The van der Waals surface area contributed by atoms with Gasteiger partial charge in [-0.05, 0) is 48.4 Å². The first kappa shape index (κ1) is 17.9. The summed E-state index contributed by atoms with van der Waals surface area (Å²) in [6.45, 7) is 4.12. The number of carbonyl (C=O) groups is 1. The molecule has 0 aliphatic heterocycles. The predicted octanol–water partition coefficient (Wildman–Crippen LogP) is 3.23. The highest BCUT2D eigenvalue weighted by Gasteiger charge is 2.12. The van der Waals surface area contributed by atoms with Gasteiger partial charge in [-0.25, -0.2) is 4.39 Å². The zero-order valence-electron chi connectivity index (χ0n) is 14.1. The number of methoxy groups -OCH3 is 1. The third-order valence-electron chi connectivity index (χ3n) is 3.65. The minimum atomic E-state index is -0.526. The van der Waals surface area contributed by atoms with Crippen LogP contribution in [0.1, 0.15) is 23.7 Å². The molecular formula is C19H23FN2O2. The molecule has 0 unspecified atom stereocenters. The van der Waals surface area contributed by atoms with Crippen LogP contribution in [-0.4, -0.2) is 32.7 Å². The van der Waals surface area contributed by atoms with Crippen molar-refractivity contribution in [2.24, 2.45) is 0 Å². The average Bonchev–Trinajstić information content (AvgIpc) is 2.61. The molecule has 0 fully saturated rings. The summed E-state index contributed by atoms with van der Waals surface area (Å²) >= 11 is 0. The van der Waals surface area contributed by atoms with E-state index in [0.29, 0.717) is 13.1 Å². The fourth-order valence-electron chi connectivity index (χ4n) is 2.32. The third kappa shape index (κ3) is 4.80. The Morgan fingerprint density at radius 2 is 1.75 bits per heavy atom. The lowest BCUT2D eigenvalue weighted by Gasteiger charge is -2.09. The van der Waals surface area contributed by atoms with Gasteiger partial charge in [-0.3, -0.25) is 4.79 Å². The number of benzene rings is 2. The van der Waals surface area contributed by atoms with Crippen molar-refractivity contribution < 1.29 is 13.9 Å². The summed E-state index contributed by atoms with van der Waals surface area (Å²) in [4.78, 5) is 12.0. The number of hydrogen-bond donors (Lipinski definition) is 2. The Morgan fingerprint density at radius 1 is 1.04 bits per heavy atom. The van der Waals surface area contributed by atoms with Crippen LogP contribution in [-0.2, 0) is 0 Å². The molecule has 0 aliphatic rings. The summed E-state index contributed by atoms with van der Waals surface area (Å²) in [5, 5.41) is 5.89. The number of rotatable bonds is 8. The Balaban J connectivity index is 2.01. The Hall–Kier alpha value is -2.40. The molecule has 0 aliphatic carbocycles.